The zero-order valence-corrected chi connectivity index (χ0v) is 13.5. The van der Waals surface area contributed by atoms with Crippen molar-refractivity contribution < 1.29 is 4.79 Å². The van der Waals surface area contributed by atoms with Crippen molar-refractivity contribution in [3.63, 3.8) is 0 Å². The van der Waals surface area contributed by atoms with Crippen LogP contribution in [0.15, 0.2) is 54.6 Å². The van der Waals surface area contributed by atoms with Crippen molar-refractivity contribution in [1.82, 2.24) is 5.32 Å². The van der Waals surface area contributed by atoms with E-state index in [9.17, 15) is 4.79 Å². The van der Waals surface area contributed by atoms with Crippen molar-refractivity contribution in [2.45, 2.75) is 25.3 Å². The van der Waals surface area contributed by atoms with Gasteiger partial charge in [-0.1, -0.05) is 48.5 Å². The Kier molecular flexibility index (Phi) is 5.22. The Morgan fingerprint density at radius 3 is 2.45 bits per heavy atom. The third-order valence-electron chi connectivity index (χ3n) is 4.13. The molecule has 2 aromatic rings. The van der Waals surface area contributed by atoms with Gasteiger partial charge < -0.3 is 10.6 Å². The van der Waals surface area contributed by atoms with Crippen molar-refractivity contribution in [3.8, 4) is 11.1 Å². The summed E-state index contributed by atoms with van der Waals surface area (Å²) in [4.78, 5) is 12.5. The van der Waals surface area contributed by atoms with Crippen LogP contribution in [0.4, 0.5) is 5.69 Å². The lowest BCUT2D eigenvalue weighted by Crippen LogP contribution is -2.48. The number of carbonyl (C=O) groups excluding carboxylic acids is 1. The molecule has 1 aliphatic rings. The minimum absolute atomic E-state index is 0. The van der Waals surface area contributed by atoms with Gasteiger partial charge in [0.05, 0.1) is 5.54 Å². The lowest BCUT2D eigenvalue weighted by Gasteiger charge is -2.24. The number of amides is 1. The van der Waals surface area contributed by atoms with E-state index in [2.05, 4.69) is 22.8 Å². The monoisotopic (exact) mass is 316 g/mol. The van der Waals surface area contributed by atoms with Crippen LogP contribution in [-0.2, 0) is 4.79 Å². The molecule has 0 unspecified atom stereocenters. The van der Waals surface area contributed by atoms with Crippen LogP contribution in [0, 0.1) is 0 Å². The molecule has 0 bridgehead atoms. The van der Waals surface area contributed by atoms with Gasteiger partial charge in [-0.3, -0.25) is 4.79 Å². The van der Waals surface area contributed by atoms with Gasteiger partial charge in [-0.05, 0) is 37.9 Å². The minimum atomic E-state index is -0.455. The Morgan fingerprint density at radius 2 is 1.77 bits per heavy atom. The zero-order valence-electron chi connectivity index (χ0n) is 12.6. The predicted molar refractivity (Wildman–Crippen MR) is 93.4 cm³/mol. The summed E-state index contributed by atoms with van der Waals surface area (Å²) in [6, 6.07) is 18.1. The number of para-hydroxylation sites is 1. The maximum absolute atomic E-state index is 12.5. The first-order valence-corrected chi connectivity index (χ1v) is 7.40. The molecule has 0 aromatic heterocycles. The average Bonchev–Trinajstić information content (AvgIpc) is 2.97. The van der Waals surface area contributed by atoms with Gasteiger partial charge in [-0.2, -0.15) is 0 Å². The molecule has 0 spiro atoms. The lowest BCUT2D eigenvalue weighted by atomic mass is 9.98. The summed E-state index contributed by atoms with van der Waals surface area (Å²) in [5.41, 5.74) is 2.57. The number of benzene rings is 2. The topological polar surface area (TPSA) is 41.1 Å². The quantitative estimate of drug-likeness (QED) is 0.903. The molecule has 3 rings (SSSR count). The van der Waals surface area contributed by atoms with Crippen LogP contribution in [0.1, 0.15) is 19.8 Å². The second-order valence-electron chi connectivity index (χ2n) is 5.73. The summed E-state index contributed by atoms with van der Waals surface area (Å²) in [6.45, 7) is 2.88. The van der Waals surface area contributed by atoms with E-state index < -0.39 is 5.54 Å². The maximum Gasteiger partial charge on any atom is 0.244 e. The van der Waals surface area contributed by atoms with Crippen molar-refractivity contribution in [2.24, 2.45) is 0 Å². The Morgan fingerprint density at radius 1 is 1.09 bits per heavy atom. The number of halogens is 1. The SMILES string of the molecule is C[C@@]1(C(=O)Nc2ccccc2-c2ccccc2)CCCN1.Cl. The van der Waals surface area contributed by atoms with Crippen molar-refractivity contribution in [2.75, 3.05) is 11.9 Å². The van der Waals surface area contributed by atoms with E-state index in [-0.39, 0.29) is 18.3 Å². The molecule has 2 N–H and O–H groups in total. The molecular formula is C18H21ClN2O. The molecule has 0 saturated carbocycles. The lowest BCUT2D eigenvalue weighted by molar-refractivity contribution is -0.121. The molecule has 1 aliphatic heterocycles. The molecule has 116 valence electrons. The first-order chi connectivity index (χ1) is 10.2. The maximum atomic E-state index is 12.5. The average molecular weight is 317 g/mol. The van der Waals surface area contributed by atoms with E-state index in [4.69, 9.17) is 0 Å². The molecule has 0 radical (unpaired) electrons. The number of rotatable bonds is 3. The van der Waals surface area contributed by atoms with E-state index in [0.29, 0.717) is 0 Å². The van der Waals surface area contributed by atoms with Crippen molar-refractivity contribution >= 4 is 24.0 Å². The highest BCUT2D eigenvalue weighted by molar-refractivity contribution is 6.01. The molecule has 1 saturated heterocycles. The van der Waals surface area contributed by atoms with E-state index in [0.717, 1.165) is 36.2 Å². The molecule has 1 atom stereocenters. The summed E-state index contributed by atoms with van der Waals surface area (Å²) >= 11 is 0. The standard InChI is InChI=1S/C18H20N2O.ClH/c1-18(12-7-13-19-18)17(21)20-16-11-6-5-10-15(16)14-8-3-2-4-9-14;/h2-6,8-11,19H,7,12-13H2,1H3,(H,20,21);1H/t18-;/m0./s1. The fourth-order valence-corrected chi connectivity index (χ4v) is 2.81. The normalized spacial score (nSPS) is 20.2. The molecule has 1 fully saturated rings. The second kappa shape index (κ2) is 6.95. The molecule has 22 heavy (non-hydrogen) atoms. The summed E-state index contributed by atoms with van der Waals surface area (Å²) in [5, 5.41) is 6.39. The Hall–Kier alpha value is -1.84. The van der Waals surface area contributed by atoms with E-state index in [1.165, 1.54) is 0 Å². The first-order valence-electron chi connectivity index (χ1n) is 7.40. The summed E-state index contributed by atoms with van der Waals surface area (Å²) in [5.74, 6) is 0.0448. The molecule has 1 amide bonds. The molecular weight excluding hydrogens is 296 g/mol. The van der Waals surface area contributed by atoms with Gasteiger partial charge >= 0.3 is 0 Å². The van der Waals surface area contributed by atoms with Gasteiger partial charge in [0.2, 0.25) is 5.91 Å². The summed E-state index contributed by atoms with van der Waals surface area (Å²) < 4.78 is 0. The van der Waals surface area contributed by atoms with Crippen LogP contribution < -0.4 is 10.6 Å². The number of carbonyl (C=O) groups is 1. The van der Waals surface area contributed by atoms with Crippen LogP contribution in [0.3, 0.4) is 0 Å². The fraction of sp³-hybridized carbons (Fsp3) is 0.278. The number of anilines is 1. The van der Waals surface area contributed by atoms with Gasteiger partial charge in [0, 0.05) is 11.3 Å². The van der Waals surface area contributed by atoms with E-state index in [1.807, 2.05) is 49.4 Å². The number of hydrogen-bond donors (Lipinski definition) is 2. The van der Waals surface area contributed by atoms with Crippen molar-refractivity contribution in [1.29, 1.82) is 0 Å². The second-order valence-corrected chi connectivity index (χ2v) is 5.73. The highest BCUT2D eigenvalue weighted by Crippen LogP contribution is 2.29. The van der Waals surface area contributed by atoms with Crippen LogP contribution >= 0.6 is 12.4 Å². The largest absolute Gasteiger partial charge is 0.324 e. The zero-order chi connectivity index (χ0) is 14.7. The first kappa shape index (κ1) is 16.5. The minimum Gasteiger partial charge on any atom is -0.324 e. The van der Waals surface area contributed by atoms with Crippen LogP contribution in [0.2, 0.25) is 0 Å². The van der Waals surface area contributed by atoms with Gasteiger partial charge in [0.1, 0.15) is 0 Å². The van der Waals surface area contributed by atoms with Gasteiger partial charge in [0.25, 0.3) is 0 Å². The predicted octanol–water partition coefficient (Wildman–Crippen LogP) is 3.86. The molecule has 1 heterocycles. The summed E-state index contributed by atoms with van der Waals surface area (Å²) in [6.07, 6.45) is 1.93. The smallest absolute Gasteiger partial charge is 0.244 e. The molecule has 4 heteroatoms. The Labute approximate surface area is 137 Å². The van der Waals surface area contributed by atoms with Crippen molar-refractivity contribution in [3.05, 3.63) is 54.6 Å². The molecule has 3 nitrogen and oxygen atoms in total. The fourth-order valence-electron chi connectivity index (χ4n) is 2.81. The number of hydrogen-bond acceptors (Lipinski definition) is 2. The van der Waals surface area contributed by atoms with Gasteiger partial charge in [-0.25, -0.2) is 0 Å². The Balaban J connectivity index is 0.00000176. The third kappa shape index (κ3) is 3.32. The van der Waals surface area contributed by atoms with Gasteiger partial charge in [0.15, 0.2) is 0 Å². The highest BCUT2D eigenvalue weighted by atomic mass is 35.5. The van der Waals surface area contributed by atoms with Crippen LogP contribution in [0.5, 0.6) is 0 Å². The highest BCUT2D eigenvalue weighted by Gasteiger charge is 2.36. The van der Waals surface area contributed by atoms with Crippen LogP contribution in [-0.4, -0.2) is 18.0 Å². The van der Waals surface area contributed by atoms with E-state index >= 15 is 0 Å². The summed E-state index contributed by atoms with van der Waals surface area (Å²) in [7, 11) is 0. The number of nitrogens with one attached hydrogen (secondary N) is 2. The molecule has 0 aliphatic carbocycles. The van der Waals surface area contributed by atoms with Gasteiger partial charge in [-0.15, -0.1) is 12.4 Å². The van der Waals surface area contributed by atoms with E-state index in [1.54, 1.807) is 0 Å². The van der Waals surface area contributed by atoms with Crippen LogP contribution in [0.25, 0.3) is 11.1 Å². The third-order valence-corrected chi connectivity index (χ3v) is 4.13. The Bertz CT molecular complexity index is 637. The molecule has 2 aromatic carbocycles.